The topological polar surface area (TPSA) is 49.4 Å². The maximum atomic E-state index is 12.7. The highest BCUT2D eigenvalue weighted by Crippen LogP contribution is 2.37. The van der Waals surface area contributed by atoms with Gasteiger partial charge in [-0.25, -0.2) is 0 Å². The van der Waals surface area contributed by atoms with E-state index in [-0.39, 0.29) is 23.9 Å². The third kappa shape index (κ3) is 3.78. The van der Waals surface area contributed by atoms with Crippen molar-refractivity contribution in [2.75, 3.05) is 6.54 Å². The molecule has 2 fully saturated rings. The van der Waals surface area contributed by atoms with Gasteiger partial charge in [0.1, 0.15) is 12.1 Å². The van der Waals surface area contributed by atoms with Crippen molar-refractivity contribution in [3.8, 4) is 0 Å². The summed E-state index contributed by atoms with van der Waals surface area (Å²) in [6.45, 7) is 7.12. The minimum absolute atomic E-state index is 0.0781. The summed E-state index contributed by atoms with van der Waals surface area (Å²) in [4.78, 5) is 27.0. The second-order valence-electron chi connectivity index (χ2n) is 6.66. The fraction of sp³-hybridized carbons (Fsp3) is 0.882. The third-order valence-corrected chi connectivity index (χ3v) is 4.98. The van der Waals surface area contributed by atoms with Crippen LogP contribution in [0.15, 0.2) is 0 Å². The van der Waals surface area contributed by atoms with E-state index in [0.717, 1.165) is 32.2 Å². The van der Waals surface area contributed by atoms with Crippen LogP contribution in [0.5, 0.6) is 0 Å². The number of unbranched alkanes of at least 4 members (excludes halogenated alkanes) is 1. The third-order valence-electron chi connectivity index (χ3n) is 4.98. The minimum atomic E-state index is -0.309. The van der Waals surface area contributed by atoms with Gasteiger partial charge in [0.15, 0.2) is 0 Å². The van der Waals surface area contributed by atoms with Crippen molar-refractivity contribution in [3.05, 3.63) is 0 Å². The molecule has 3 atom stereocenters. The van der Waals surface area contributed by atoms with Gasteiger partial charge in [-0.05, 0) is 37.5 Å². The maximum absolute atomic E-state index is 12.7. The van der Waals surface area contributed by atoms with Crippen LogP contribution in [-0.2, 0) is 9.59 Å². The van der Waals surface area contributed by atoms with Crippen LogP contribution < -0.4 is 5.32 Å². The SMILES string of the molecule is CCCCC(CC)CN1C(=O)C(CC)NC(=O)C1C1CC1. The number of hydrogen-bond donors (Lipinski definition) is 1. The Morgan fingerprint density at radius 3 is 2.48 bits per heavy atom. The van der Waals surface area contributed by atoms with E-state index in [1.54, 1.807) is 0 Å². The predicted octanol–water partition coefficient (Wildman–Crippen LogP) is 2.72. The van der Waals surface area contributed by atoms with Crippen LogP contribution in [-0.4, -0.2) is 35.3 Å². The van der Waals surface area contributed by atoms with Gasteiger partial charge in [0.2, 0.25) is 11.8 Å². The monoisotopic (exact) mass is 294 g/mol. The van der Waals surface area contributed by atoms with Crippen LogP contribution in [0, 0.1) is 11.8 Å². The number of amides is 2. The lowest BCUT2D eigenvalue weighted by molar-refractivity contribution is -0.151. The van der Waals surface area contributed by atoms with Gasteiger partial charge >= 0.3 is 0 Å². The van der Waals surface area contributed by atoms with Crippen LogP contribution in [0.3, 0.4) is 0 Å². The number of hydrogen-bond acceptors (Lipinski definition) is 2. The molecule has 120 valence electrons. The smallest absolute Gasteiger partial charge is 0.245 e. The fourth-order valence-electron chi connectivity index (χ4n) is 3.35. The lowest BCUT2D eigenvalue weighted by Gasteiger charge is -2.40. The van der Waals surface area contributed by atoms with E-state index in [1.165, 1.54) is 12.8 Å². The summed E-state index contributed by atoms with van der Waals surface area (Å²) in [5.74, 6) is 1.15. The second kappa shape index (κ2) is 7.28. The maximum Gasteiger partial charge on any atom is 0.245 e. The quantitative estimate of drug-likeness (QED) is 0.748. The second-order valence-corrected chi connectivity index (χ2v) is 6.66. The summed E-state index contributed by atoms with van der Waals surface area (Å²) in [5.41, 5.74) is 0. The van der Waals surface area contributed by atoms with Crippen LogP contribution in [0.1, 0.15) is 65.7 Å². The molecule has 1 aliphatic heterocycles. The average Bonchev–Trinajstić information content (AvgIpc) is 3.30. The molecule has 1 N–H and O–H groups in total. The molecule has 3 unspecified atom stereocenters. The Bertz CT molecular complexity index is 379. The number of carbonyl (C=O) groups excluding carboxylic acids is 2. The Morgan fingerprint density at radius 2 is 1.95 bits per heavy atom. The van der Waals surface area contributed by atoms with E-state index in [2.05, 4.69) is 19.2 Å². The first-order valence-corrected chi connectivity index (χ1v) is 8.73. The van der Waals surface area contributed by atoms with E-state index in [0.29, 0.717) is 18.3 Å². The molecular weight excluding hydrogens is 264 g/mol. The lowest BCUT2D eigenvalue weighted by atomic mass is 9.95. The van der Waals surface area contributed by atoms with Crippen molar-refractivity contribution < 1.29 is 9.59 Å². The molecule has 1 saturated heterocycles. The first kappa shape index (κ1) is 16.3. The summed E-state index contributed by atoms with van der Waals surface area (Å²) in [7, 11) is 0. The van der Waals surface area contributed by atoms with E-state index in [9.17, 15) is 9.59 Å². The van der Waals surface area contributed by atoms with E-state index < -0.39 is 0 Å². The predicted molar refractivity (Wildman–Crippen MR) is 83.8 cm³/mol. The van der Waals surface area contributed by atoms with Gasteiger partial charge in [-0.2, -0.15) is 0 Å². The summed E-state index contributed by atoms with van der Waals surface area (Å²) in [6.07, 6.45) is 7.50. The highest BCUT2D eigenvalue weighted by molar-refractivity contribution is 5.97. The molecule has 2 rings (SSSR count). The number of carbonyl (C=O) groups is 2. The van der Waals surface area contributed by atoms with Crippen molar-refractivity contribution in [2.45, 2.75) is 77.8 Å². The van der Waals surface area contributed by atoms with Crippen LogP contribution >= 0.6 is 0 Å². The van der Waals surface area contributed by atoms with Crippen molar-refractivity contribution in [2.24, 2.45) is 11.8 Å². The average molecular weight is 294 g/mol. The molecule has 0 aromatic carbocycles. The molecular formula is C17H30N2O2. The molecule has 0 bridgehead atoms. The van der Waals surface area contributed by atoms with Crippen LogP contribution in [0.25, 0.3) is 0 Å². The molecule has 0 aromatic rings. The Morgan fingerprint density at radius 1 is 1.24 bits per heavy atom. The molecule has 2 amide bonds. The molecule has 0 spiro atoms. The van der Waals surface area contributed by atoms with Gasteiger partial charge in [-0.1, -0.05) is 40.0 Å². The number of rotatable bonds is 8. The lowest BCUT2D eigenvalue weighted by Crippen LogP contribution is -2.64. The summed E-state index contributed by atoms with van der Waals surface area (Å²) >= 11 is 0. The first-order chi connectivity index (χ1) is 10.1. The minimum Gasteiger partial charge on any atom is -0.343 e. The van der Waals surface area contributed by atoms with E-state index in [1.807, 2.05) is 11.8 Å². The molecule has 0 radical (unpaired) electrons. The molecule has 4 heteroatoms. The standard InChI is InChI=1S/C17H30N2O2/c1-4-7-8-12(5-2)11-19-15(13-9-10-13)16(20)18-14(6-3)17(19)21/h12-15H,4-11H2,1-3H3,(H,18,20). The van der Waals surface area contributed by atoms with Crippen molar-refractivity contribution in [3.63, 3.8) is 0 Å². The Labute approximate surface area is 128 Å². The summed E-state index contributed by atoms with van der Waals surface area (Å²) < 4.78 is 0. The van der Waals surface area contributed by atoms with Crippen molar-refractivity contribution in [1.29, 1.82) is 0 Å². The summed E-state index contributed by atoms with van der Waals surface area (Å²) in [5, 5.41) is 2.92. The molecule has 1 saturated carbocycles. The van der Waals surface area contributed by atoms with Gasteiger partial charge in [0, 0.05) is 6.54 Å². The number of piperazine rings is 1. The zero-order valence-electron chi connectivity index (χ0n) is 13.7. The molecule has 21 heavy (non-hydrogen) atoms. The normalized spacial score (nSPS) is 27.7. The Balaban J connectivity index is 2.09. The van der Waals surface area contributed by atoms with Gasteiger partial charge < -0.3 is 10.2 Å². The van der Waals surface area contributed by atoms with Crippen molar-refractivity contribution >= 4 is 11.8 Å². The van der Waals surface area contributed by atoms with E-state index in [4.69, 9.17) is 0 Å². The number of nitrogens with one attached hydrogen (secondary N) is 1. The highest BCUT2D eigenvalue weighted by atomic mass is 16.2. The highest BCUT2D eigenvalue weighted by Gasteiger charge is 2.47. The van der Waals surface area contributed by atoms with Gasteiger partial charge in [0.05, 0.1) is 0 Å². The number of nitrogens with zero attached hydrogens (tertiary/aromatic N) is 1. The largest absolute Gasteiger partial charge is 0.343 e. The van der Waals surface area contributed by atoms with Gasteiger partial charge in [-0.3, -0.25) is 9.59 Å². The van der Waals surface area contributed by atoms with Crippen LogP contribution in [0.2, 0.25) is 0 Å². The Hall–Kier alpha value is -1.06. The van der Waals surface area contributed by atoms with Gasteiger partial charge in [-0.15, -0.1) is 0 Å². The molecule has 2 aliphatic rings. The molecule has 1 aliphatic carbocycles. The van der Waals surface area contributed by atoms with Gasteiger partial charge in [0.25, 0.3) is 0 Å². The first-order valence-electron chi connectivity index (χ1n) is 8.73. The molecule has 1 heterocycles. The molecule has 0 aromatic heterocycles. The zero-order valence-corrected chi connectivity index (χ0v) is 13.7. The van der Waals surface area contributed by atoms with Crippen molar-refractivity contribution in [1.82, 2.24) is 10.2 Å². The Kier molecular flexibility index (Phi) is 5.65. The fourth-order valence-corrected chi connectivity index (χ4v) is 3.35. The zero-order chi connectivity index (χ0) is 15.4. The summed E-state index contributed by atoms with van der Waals surface area (Å²) in [6, 6.07) is -0.507. The van der Waals surface area contributed by atoms with Crippen LogP contribution in [0.4, 0.5) is 0 Å². The molecule has 4 nitrogen and oxygen atoms in total. The van der Waals surface area contributed by atoms with E-state index >= 15 is 0 Å².